The maximum absolute atomic E-state index is 12.3. The second-order valence-corrected chi connectivity index (χ2v) is 14.7. The van der Waals surface area contributed by atoms with E-state index in [9.17, 15) is 30.0 Å². The fraction of sp³-hybridized carbons (Fsp3) is 0.789. The van der Waals surface area contributed by atoms with Crippen LogP contribution < -0.4 is 0 Å². The normalized spacial score (nSPS) is 38.7. The van der Waals surface area contributed by atoms with Gasteiger partial charge in [-0.15, -0.1) is 6.58 Å². The number of ether oxygens (including phenoxy) is 6. The Balaban J connectivity index is 0.00000332. The van der Waals surface area contributed by atoms with E-state index >= 15 is 0 Å². The molecular formula is C38H62O12. The van der Waals surface area contributed by atoms with Gasteiger partial charge in [0.05, 0.1) is 37.6 Å². The molecule has 286 valence electrons. The van der Waals surface area contributed by atoms with Crippen LogP contribution in [-0.4, -0.2) is 114 Å². The van der Waals surface area contributed by atoms with Crippen molar-refractivity contribution in [2.75, 3.05) is 26.9 Å². The molecule has 50 heavy (non-hydrogen) atoms. The Morgan fingerprint density at radius 2 is 1.74 bits per heavy atom. The predicted octanol–water partition coefficient (Wildman–Crippen LogP) is 3.63. The molecule has 1 aliphatic heterocycles. The van der Waals surface area contributed by atoms with Crippen LogP contribution in [0.25, 0.3) is 0 Å². The van der Waals surface area contributed by atoms with Crippen molar-refractivity contribution in [1.29, 1.82) is 0 Å². The molecule has 4 rings (SSSR count). The molecule has 4 aliphatic rings. The molecule has 2 fully saturated rings. The van der Waals surface area contributed by atoms with Crippen LogP contribution in [0.4, 0.5) is 0 Å². The maximum Gasteiger partial charge on any atom is 0.303 e. The van der Waals surface area contributed by atoms with E-state index in [0.717, 1.165) is 24.0 Å². The lowest BCUT2D eigenvalue weighted by molar-refractivity contribution is -0.320. The lowest BCUT2D eigenvalue weighted by Crippen LogP contribution is -2.62. The van der Waals surface area contributed by atoms with Crippen LogP contribution in [0.5, 0.6) is 0 Å². The molecule has 1 heterocycles. The van der Waals surface area contributed by atoms with Crippen molar-refractivity contribution in [3.63, 3.8) is 0 Å². The first-order chi connectivity index (χ1) is 23.4. The zero-order valence-corrected chi connectivity index (χ0v) is 31.6. The van der Waals surface area contributed by atoms with Crippen LogP contribution in [0.2, 0.25) is 0 Å². The van der Waals surface area contributed by atoms with Crippen molar-refractivity contribution in [2.24, 2.45) is 29.1 Å². The van der Waals surface area contributed by atoms with E-state index in [1.165, 1.54) is 13.8 Å². The number of fused-ring (bicyclic) bond motifs is 2. The third-order valence-electron chi connectivity index (χ3n) is 10.8. The third-order valence-corrected chi connectivity index (χ3v) is 10.8. The summed E-state index contributed by atoms with van der Waals surface area (Å²) in [6, 6.07) is 0. The van der Waals surface area contributed by atoms with Gasteiger partial charge in [-0.25, -0.2) is 0 Å². The molecule has 12 nitrogen and oxygen atoms in total. The van der Waals surface area contributed by atoms with Crippen molar-refractivity contribution in [3.8, 4) is 0 Å². The minimum absolute atomic E-state index is 0.0190. The smallest absolute Gasteiger partial charge is 0.303 e. The van der Waals surface area contributed by atoms with E-state index in [1.807, 2.05) is 34.6 Å². The highest BCUT2D eigenvalue weighted by atomic mass is 16.7. The highest BCUT2D eigenvalue weighted by Gasteiger charge is 2.56. The first-order valence-corrected chi connectivity index (χ1v) is 18.0. The Bertz CT molecular complexity index is 1240. The second-order valence-electron chi connectivity index (χ2n) is 14.7. The molecule has 1 saturated heterocycles. The molecule has 0 aromatic heterocycles. The molecule has 3 unspecified atom stereocenters. The number of aliphatic hydroxyl groups is 4. The van der Waals surface area contributed by atoms with Gasteiger partial charge in [-0.05, 0) is 57.4 Å². The van der Waals surface area contributed by atoms with Crippen molar-refractivity contribution in [3.05, 3.63) is 35.5 Å². The van der Waals surface area contributed by atoms with Gasteiger partial charge in [0.1, 0.15) is 24.4 Å². The highest BCUT2D eigenvalue weighted by molar-refractivity contribution is 5.66. The lowest BCUT2D eigenvalue weighted by Gasteiger charge is -2.47. The zero-order valence-electron chi connectivity index (χ0n) is 31.6. The van der Waals surface area contributed by atoms with Gasteiger partial charge >= 0.3 is 11.9 Å². The number of rotatable bonds is 12. The summed E-state index contributed by atoms with van der Waals surface area (Å²) in [4.78, 5) is 23.8. The number of aliphatic hydroxyl groups excluding tert-OH is 4. The minimum Gasteiger partial charge on any atom is -0.465 e. The average Bonchev–Trinajstić information content (AvgIpc) is 3.57. The van der Waals surface area contributed by atoms with Gasteiger partial charge in [-0.1, -0.05) is 51.0 Å². The first kappa shape index (κ1) is 42.3. The van der Waals surface area contributed by atoms with Gasteiger partial charge in [0.2, 0.25) is 0 Å². The molecule has 0 amide bonds. The summed E-state index contributed by atoms with van der Waals surface area (Å²) in [7, 11) is 1.66. The van der Waals surface area contributed by atoms with Crippen LogP contribution in [0.1, 0.15) is 81.6 Å². The Morgan fingerprint density at radius 3 is 2.32 bits per heavy atom. The number of hydrogen-bond acceptors (Lipinski definition) is 12. The fourth-order valence-corrected chi connectivity index (χ4v) is 7.88. The monoisotopic (exact) mass is 710 g/mol. The topological polar surface area (TPSA) is 170 Å². The molecule has 13 atom stereocenters. The highest BCUT2D eigenvalue weighted by Crippen LogP contribution is 2.56. The summed E-state index contributed by atoms with van der Waals surface area (Å²) in [5.74, 6) is -1.70. The van der Waals surface area contributed by atoms with Crippen LogP contribution in [-0.2, 0) is 38.0 Å². The van der Waals surface area contributed by atoms with Crippen LogP contribution in [0, 0.1) is 29.1 Å². The van der Waals surface area contributed by atoms with Gasteiger partial charge in [0, 0.05) is 38.2 Å². The quantitative estimate of drug-likeness (QED) is 0.172. The molecule has 0 spiro atoms. The SMILES string of the molecule is C=CC(C)(C)OC[C@H]1O[C@H](O[C@@H]2C3=C([C@H](C)COC(C)=O)C[C@H](O)[C@]3(C)/C=C3/[C@@H](COC)CC[C@H]3[C@@H](C)[C@H]2O)C(O)C(OC(C)=O)C1O.CC. The second kappa shape index (κ2) is 17.6. The van der Waals surface area contributed by atoms with E-state index in [1.54, 1.807) is 27.0 Å². The molecular weight excluding hydrogens is 648 g/mol. The summed E-state index contributed by atoms with van der Waals surface area (Å²) in [5.41, 5.74) is 0.746. The molecule has 0 aromatic rings. The van der Waals surface area contributed by atoms with Crippen molar-refractivity contribution < 1.29 is 58.4 Å². The van der Waals surface area contributed by atoms with Crippen LogP contribution in [0.15, 0.2) is 35.5 Å². The van der Waals surface area contributed by atoms with E-state index < -0.39 is 72.0 Å². The third kappa shape index (κ3) is 9.06. The Labute approximate surface area is 297 Å². The lowest BCUT2D eigenvalue weighted by atomic mass is 9.68. The molecule has 0 aromatic carbocycles. The van der Waals surface area contributed by atoms with E-state index in [2.05, 4.69) is 12.7 Å². The summed E-state index contributed by atoms with van der Waals surface area (Å²) in [6.45, 7) is 20.0. The fourth-order valence-electron chi connectivity index (χ4n) is 7.88. The molecule has 12 heteroatoms. The van der Waals surface area contributed by atoms with Crippen LogP contribution in [0.3, 0.4) is 0 Å². The summed E-state index contributed by atoms with van der Waals surface area (Å²) in [5, 5.41) is 46.7. The number of methoxy groups -OCH3 is 1. The maximum atomic E-state index is 12.3. The number of esters is 2. The van der Waals surface area contributed by atoms with Crippen LogP contribution >= 0.6 is 0 Å². The van der Waals surface area contributed by atoms with Gasteiger partial charge in [-0.2, -0.15) is 0 Å². The van der Waals surface area contributed by atoms with Crippen molar-refractivity contribution in [1.82, 2.24) is 0 Å². The molecule has 1 saturated carbocycles. The average molecular weight is 711 g/mol. The molecule has 3 aliphatic carbocycles. The largest absolute Gasteiger partial charge is 0.465 e. The predicted molar refractivity (Wildman–Crippen MR) is 186 cm³/mol. The Kier molecular flexibility index (Phi) is 14.9. The minimum atomic E-state index is -1.63. The summed E-state index contributed by atoms with van der Waals surface area (Å²) >= 11 is 0. The Hall–Kier alpha value is -2.16. The molecule has 0 bridgehead atoms. The standard InChI is InChI=1S/C36H56O12.C2H6/c1-10-35(6,7)45-17-26-30(41)33(46-21(5)38)31(42)34(47-26)48-32-28-24(18(2)15-44-20(4)37)13-27(39)36(28,8)14-25-22(16-43-9)11-12-23(25)19(3)29(32)40;1-2/h10,14,18-19,22-23,26-27,29-34,39-42H,1,11-13,15-17H2,2-9H3;1-2H3/b25-14-;/t18-,19-,22-,23+,26-,27+,29-,30?,31?,32-,33?,34-,36+;/m1./s1. The van der Waals surface area contributed by atoms with E-state index in [4.69, 9.17) is 28.4 Å². The van der Waals surface area contributed by atoms with Crippen molar-refractivity contribution >= 4 is 11.9 Å². The summed E-state index contributed by atoms with van der Waals surface area (Å²) in [6.07, 6.45) is -4.54. The van der Waals surface area contributed by atoms with Gasteiger partial charge < -0.3 is 48.8 Å². The number of hydrogen-bond donors (Lipinski definition) is 4. The number of carbonyl (C=O) groups is 2. The zero-order chi connectivity index (χ0) is 37.7. The summed E-state index contributed by atoms with van der Waals surface area (Å²) < 4.78 is 35.1. The van der Waals surface area contributed by atoms with Crippen molar-refractivity contribution in [2.45, 2.75) is 136 Å². The molecule has 4 N–H and O–H groups in total. The van der Waals surface area contributed by atoms with E-state index in [0.29, 0.717) is 12.2 Å². The van der Waals surface area contributed by atoms with Gasteiger partial charge in [0.15, 0.2) is 12.4 Å². The van der Waals surface area contributed by atoms with Gasteiger partial charge in [-0.3, -0.25) is 9.59 Å². The number of carbonyl (C=O) groups excluding carboxylic acids is 2. The molecule has 0 radical (unpaired) electrons. The van der Waals surface area contributed by atoms with E-state index in [-0.39, 0.29) is 43.3 Å². The van der Waals surface area contributed by atoms with Gasteiger partial charge in [0.25, 0.3) is 0 Å². The Morgan fingerprint density at radius 1 is 1.08 bits per heavy atom. The first-order valence-electron chi connectivity index (χ1n) is 18.0.